The van der Waals surface area contributed by atoms with E-state index >= 15 is 0 Å². The molecule has 2 aromatic rings. The van der Waals surface area contributed by atoms with Gasteiger partial charge >= 0.3 is 5.97 Å². The van der Waals surface area contributed by atoms with Crippen molar-refractivity contribution in [1.82, 2.24) is 0 Å². The number of aryl methyl sites for hydroxylation is 1. The van der Waals surface area contributed by atoms with Gasteiger partial charge in [0.25, 0.3) is 5.91 Å². The molecule has 0 atom stereocenters. The van der Waals surface area contributed by atoms with E-state index in [1.54, 1.807) is 24.3 Å². The van der Waals surface area contributed by atoms with Crippen molar-refractivity contribution in [1.29, 1.82) is 0 Å². The summed E-state index contributed by atoms with van der Waals surface area (Å²) in [5.74, 6) is 0.765. The first-order valence-corrected chi connectivity index (χ1v) is 9.79. The molecule has 0 saturated heterocycles. The second-order valence-corrected chi connectivity index (χ2v) is 7.36. The van der Waals surface area contributed by atoms with E-state index in [2.05, 4.69) is 5.32 Å². The maximum Gasteiger partial charge on any atom is 0.311 e. The molecule has 3 rings (SSSR count). The average molecular weight is 365 g/mol. The summed E-state index contributed by atoms with van der Waals surface area (Å²) in [6, 6.07) is 14.3. The van der Waals surface area contributed by atoms with Gasteiger partial charge < -0.3 is 10.1 Å². The summed E-state index contributed by atoms with van der Waals surface area (Å²) in [5.41, 5.74) is 2.42. The number of hydrogen-bond donors (Lipinski definition) is 1. The minimum atomic E-state index is -0.197. The quantitative estimate of drug-likeness (QED) is 0.542. The molecule has 4 heteroatoms. The average Bonchev–Trinajstić information content (AvgIpc) is 2.69. The number of nitrogens with one attached hydrogen (secondary N) is 1. The van der Waals surface area contributed by atoms with E-state index in [9.17, 15) is 9.59 Å². The third-order valence-corrected chi connectivity index (χ3v) is 5.14. The Balaban J connectivity index is 1.48. The molecular formula is C23H27NO3. The van der Waals surface area contributed by atoms with Gasteiger partial charge in [-0.05, 0) is 55.7 Å². The molecule has 1 amide bonds. The van der Waals surface area contributed by atoms with Gasteiger partial charge in [0.15, 0.2) is 0 Å². The summed E-state index contributed by atoms with van der Waals surface area (Å²) in [5, 5.41) is 2.86. The zero-order valence-electron chi connectivity index (χ0n) is 15.9. The number of carbonyl (C=O) groups excluding carboxylic acids is 2. The van der Waals surface area contributed by atoms with Crippen LogP contribution in [0.3, 0.4) is 0 Å². The first-order chi connectivity index (χ1) is 13.1. The van der Waals surface area contributed by atoms with Crippen molar-refractivity contribution in [3.8, 4) is 5.75 Å². The van der Waals surface area contributed by atoms with E-state index < -0.39 is 0 Å². The lowest BCUT2D eigenvalue weighted by molar-refractivity contribution is -0.134. The number of anilines is 1. The van der Waals surface area contributed by atoms with Crippen LogP contribution in [0.2, 0.25) is 0 Å². The molecule has 142 valence electrons. The van der Waals surface area contributed by atoms with Crippen molar-refractivity contribution in [3.63, 3.8) is 0 Å². The van der Waals surface area contributed by atoms with Gasteiger partial charge in [-0.15, -0.1) is 0 Å². The number of carbonyl (C=O) groups is 2. The lowest BCUT2D eigenvalue weighted by Crippen LogP contribution is -2.13. The molecule has 2 aromatic carbocycles. The van der Waals surface area contributed by atoms with Gasteiger partial charge in [-0.3, -0.25) is 9.59 Å². The highest BCUT2D eigenvalue weighted by Gasteiger charge is 2.16. The van der Waals surface area contributed by atoms with Gasteiger partial charge in [0.1, 0.15) is 5.75 Å². The largest absolute Gasteiger partial charge is 0.427 e. The molecule has 1 N–H and O–H groups in total. The molecule has 0 bridgehead atoms. The van der Waals surface area contributed by atoms with Gasteiger partial charge in [0, 0.05) is 17.7 Å². The second kappa shape index (κ2) is 9.36. The molecule has 1 aliphatic carbocycles. The summed E-state index contributed by atoms with van der Waals surface area (Å²) >= 11 is 0. The Morgan fingerprint density at radius 1 is 0.963 bits per heavy atom. The first kappa shape index (κ1) is 19.2. The van der Waals surface area contributed by atoms with Crippen LogP contribution in [0.5, 0.6) is 5.75 Å². The lowest BCUT2D eigenvalue weighted by Gasteiger charge is -2.20. The predicted octanol–water partition coefficient (Wildman–Crippen LogP) is 5.51. The fourth-order valence-corrected chi connectivity index (χ4v) is 3.49. The minimum absolute atomic E-state index is 0.186. The Morgan fingerprint density at radius 2 is 1.63 bits per heavy atom. The molecule has 0 aromatic heterocycles. The molecule has 0 radical (unpaired) electrons. The fraction of sp³-hybridized carbons (Fsp3) is 0.391. The fourth-order valence-electron chi connectivity index (χ4n) is 3.49. The third-order valence-electron chi connectivity index (χ3n) is 5.14. The van der Waals surface area contributed by atoms with E-state index in [4.69, 9.17) is 4.74 Å². The molecule has 1 aliphatic rings. The molecule has 0 aliphatic heterocycles. The summed E-state index contributed by atoms with van der Waals surface area (Å²) in [4.78, 5) is 24.3. The molecule has 4 nitrogen and oxygen atoms in total. The van der Waals surface area contributed by atoms with E-state index in [-0.39, 0.29) is 11.9 Å². The van der Waals surface area contributed by atoms with Gasteiger partial charge in [-0.25, -0.2) is 0 Å². The molecule has 1 saturated carbocycles. The Labute approximate surface area is 160 Å². The van der Waals surface area contributed by atoms with Crippen molar-refractivity contribution in [2.24, 2.45) is 5.92 Å². The van der Waals surface area contributed by atoms with Crippen LogP contribution in [0.15, 0.2) is 48.5 Å². The SMILES string of the molecule is Cc1ccc(NC(=O)c2ccc(OC(=O)CCC3CCCCC3)cc2)cc1. The predicted molar refractivity (Wildman–Crippen MR) is 107 cm³/mol. The van der Waals surface area contributed by atoms with Crippen LogP contribution in [0, 0.1) is 12.8 Å². The molecule has 1 fully saturated rings. The van der Waals surface area contributed by atoms with Crippen molar-refractivity contribution in [2.75, 3.05) is 5.32 Å². The molecule has 0 spiro atoms. The van der Waals surface area contributed by atoms with E-state index in [0.29, 0.717) is 23.7 Å². The first-order valence-electron chi connectivity index (χ1n) is 9.79. The maximum absolute atomic E-state index is 12.3. The van der Waals surface area contributed by atoms with Crippen molar-refractivity contribution in [3.05, 3.63) is 59.7 Å². The minimum Gasteiger partial charge on any atom is -0.427 e. The molecule has 0 unspecified atom stereocenters. The highest BCUT2D eigenvalue weighted by molar-refractivity contribution is 6.04. The topological polar surface area (TPSA) is 55.4 Å². The number of benzene rings is 2. The van der Waals surface area contributed by atoms with Gasteiger partial charge in [-0.1, -0.05) is 49.8 Å². The maximum atomic E-state index is 12.3. The van der Waals surface area contributed by atoms with Crippen molar-refractivity contribution >= 4 is 17.6 Å². The zero-order chi connectivity index (χ0) is 19.1. The van der Waals surface area contributed by atoms with Crippen LogP contribution in [0.4, 0.5) is 5.69 Å². The normalized spacial score (nSPS) is 14.6. The van der Waals surface area contributed by atoms with Crippen LogP contribution in [-0.2, 0) is 4.79 Å². The Bertz CT molecular complexity index is 759. The number of rotatable bonds is 6. The molecule has 27 heavy (non-hydrogen) atoms. The number of amides is 1. The monoisotopic (exact) mass is 365 g/mol. The van der Waals surface area contributed by atoms with E-state index in [0.717, 1.165) is 17.7 Å². The Kier molecular flexibility index (Phi) is 6.64. The van der Waals surface area contributed by atoms with E-state index in [1.807, 2.05) is 31.2 Å². The second-order valence-electron chi connectivity index (χ2n) is 7.36. The highest BCUT2D eigenvalue weighted by Crippen LogP contribution is 2.27. The lowest BCUT2D eigenvalue weighted by atomic mass is 9.86. The van der Waals surface area contributed by atoms with Crippen molar-refractivity contribution < 1.29 is 14.3 Å². The van der Waals surface area contributed by atoms with E-state index in [1.165, 1.54) is 32.1 Å². The van der Waals surface area contributed by atoms with Crippen LogP contribution in [-0.4, -0.2) is 11.9 Å². The Hall–Kier alpha value is -2.62. The third kappa shape index (κ3) is 5.95. The smallest absolute Gasteiger partial charge is 0.311 e. The number of ether oxygens (including phenoxy) is 1. The number of hydrogen-bond acceptors (Lipinski definition) is 3. The van der Waals surface area contributed by atoms with Crippen LogP contribution in [0.25, 0.3) is 0 Å². The zero-order valence-corrected chi connectivity index (χ0v) is 15.9. The van der Waals surface area contributed by atoms with Gasteiger partial charge in [0.2, 0.25) is 0 Å². The van der Waals surface area contributed by atoms with Crippen LogP contribution < -0.4 is 10.1 Å². The van der Waals surface area contributed by atoms with Gasteiger partial charge in [-0.2, -0.15) is 0 Å². The molecule has 0 heterocycles. The standard InChI is InChI=1S/C23H27NO3/c1-17-7-12-20(13-8-17)24-23(26)19-10-14-21(15-11-19)27-22(25)16-9-18-5-3-2-4-6-18/h7-8,10-15,18H,2-6,9,16H2,1H3,(H,24,26). The van der Waals surface area contributed by atoms with Crippen LogP contribution >= 0.6 is 0 Å². The summed E-state index contributed by atoms with van der Waals surface area (Å²) in [7, 11) is 0. The number of esters is 1. The van der Waals surface area contributed by atoms with Crippen LogP contribution in [0.1, 0.15) is 60.9 Å². The van der Waals surface area contributed by atoms with Crippen molar-refractivity contribution in [2.45, 2.75) is 51.9 Å². The summed E-state index contributed by atoms with van der Waals surface area (Å²) in [6.45, 7) is 2.00. The molecular weight excluding hydrogens is 338 g/mol. The highest BCUT2D eigenvalue weighted by atomic mass is 16.5. The summed E-state index contributed by atoms with van der Waals surface area (Å²) in [6.07, 6.45) is 7.73. The summed E-state index contributed by atoms with van der Waals surface area (Å²) < 4.78 is 5.40. The Morgan fingerprint density at radius 3 is 2.30 bits per heavy atom. The van der Waals surface area contributed by atoms with Gasteiger partial charge in [0.05, 0.1) is 0 Å².